The minimum atomic E-state index is -0.341. The zero-order valence-electron chi connectivity index (χ0n) is 10.9. The summed E-state index contributed by atoms with van der Waals surface area (Å²) in [5, 5.41) is 18.4. The average molecular weight is 276 g/mol. The van der Waals surface area contributed by atoms with Crippen molar-refractivity contribution in [1.82, 2.24) is 0 Å². The maximum atomic E-state index is 11.0. The highest BCUT2D eigenvalue weighted by Crippen LogP contribution is 2.28. The van der Waals surface area contributed by atoms with E-state index in [0.29, 0.717) is 5.69 Å². The van der Waals surface area contributed by atoms with E-state index in [1.807, 2.05) is 25.3 Å². The molecule has 0 saturated heterocycles. The summed E-state index contributed by atoms with van der Waals surface area (Å²) in [6.45, 7) is 3.92. The van der Waals surface area contributed by atoms with Gasteiger partial charge in [0.25, 0.3) is 5.69 Å². The van der Waals surface area contributed by atoms with Crippen molar-refractivity contribution in [3.8, 4) is 0 Å². The molecule has 1 aromatic carbocycles. The van der Waals surface area contributed by atoms with Crippen molar-refractivity contribution in [2.24, 2.45) is 0 Å². The van der Waals surface area contributed by atoms with Crippen molar-refractivity contribution in [3.63, 3.8) is 0 Å². The lowest BCUT2D eigenvalue weighted by Crippen LogP contribution is -2.19. The number of hydrogen-bond acceptors (Lipinski definition) is 4. The summed E-state index contributed by atoms with van der Waals surface area (Å²) in [5.41, 5.74) is 2.90. The third kappa shape index (κ3) is 3.32. The molecule has 0 saturated carbocycles. The molecule has 1 heterocycles. The molecule has 0 aliphatic rings. The van der Waals surface area contributed by atoms with Gasteiger partial charge in [0.05, 0.1) is 4.92 Å². The summed E-state index contributed by atoms with van der Waals surface area (Å²) in [7, 11) is 0. The smallest absolute Gasteiger partial charge is 0.292 e. The van der Waals surface area contributed by atoms with Crippen LogP contribution in [-0.4, -0.2) is 11.0 Å². The Morgan fingerprint density at radius 2 is 2.21 bits per heavy atom. The number of aryl methyl sites for hydroxylation is 1. The summed E-state index contributed by atoms with van der Waals surface area (Å²) in [4.78, 5) is 10.7. The zero-order chi connectivity index (χ0) is 13.8. The molecule has 0 fully saturated rings. The molecule has 100 valence electrons. The Morgan fingerprint density at radius 3 is 2.84 bits per heavy atom. The average Bonchev–Trinajstić information content (AvgIpc) is 2.84. The molecular weight excluding hydrogens is 260 g/mol. The minimum absolute atomic E-state index is 0.136. The van der Waals surface area contributed by atoms with Crippen LogP contribution in [-0.2, 0) is 6.42 Å². The van der Waals surface area contributed by atoms with Gasteiger partial charge in [-0.15, -0.1) is 0 Å². The molecule has 1 aromatic heterocycles. The second-order valence-corrected chi connectivity index (χ2v) is 5.39. The fourth-order valence-electron chi connectivity index (χ4n) is 2.05. The number of nitro benzene ring substituents is 1. The van der Waals surface area contributed by atoms with Crippen molar-refractivity contribution < 1.29 is 4.92 Å². The first kappa shape index (κ1) is 13.5. The van der Waals surface area contributed by atoms with Gasteiger partial charge in [-0.05, 0) is 48.2 Å². The normalized spacial score (nSPS) is 12.1. The van der Waals surface area contributed by atoms with Crippen LogP contribution in [0.3, 0.4) is 0 Å². The fourth-order valence-corrected chi connectivity index (χ4v) is 2.73. The first-order valence-corrected chi connectivity index (χ1v) is 7.04. The first-order chi connectivity index (χ1) is 9.08. The Bertz CT molecular complexity index is 567. The van der Waals surface area contributed by atoms with E-state index in [9.17, 15) is 10.1 Å². The summed E-state index contributed by atoms with van der Waals surface area (Å²) >= 11 is 1.66. The quantitative estimate of drug-likeness (QED) is 0.663. The number of hydrogen-bond donors (Lipinski definition) is 1. The maximum Gasteiger partial charge on any atom is 0.292 e. The van der Waals surface area contributed by atoms with Crippen molar-refractivity contribution in [2.75, 3.05) is 5.32 Å². The van der Waals surface area contributed by atoms with Crippen molar-refractivity contribution in [1.29, 1.82) is 0 Å². The maximum absolute atomic E-state index is 11.0. The molecule has 1 unspecified atom stereocenters. The van der Waals surface area contributed by atoms with Crippen LogP contribution in [0.25, 0.3) is 0 Å². The second kappa shape index (κ2) is 5.84. The highest BCUT2D eigenvalue weighted by Gasteiger charge is 2.17. The second-order valence-electron chi connectivity index (χ2n) is 4.61. The predicted octanol–water partition coefficient (Wildman–Crippen LogP) is 4.01. The molecule has 2 rings (SSSR count). The van der Waals surface area contributed by atoms with E-state index in [-0.39, 0.29) is 16.7 Å². The van der Waals surface area contributed by atoms with E-state index >= 15 is 0 Å². The summed E-state index contributed by atoms with van der Waals surface area (Å²) in [6.07, 6.45) is 0.856. The van der Waals surface area contributed by atoms with Crippen molar-refractivity contribution >= 4 is 22.7 Å². The van der Waals surface area contributed by atoms with Crippen LogP contribution in [0.5, 0.6) is 0 Å². The van der Waals surface area contributed by atoms with E-state index in [4.69, 9.17) is 0 Å². The van der Waals surface area contributed by atoms with Gasteiger partial charge in [0.15, 0.2) is 0 Å². The summed E-state index contributed by atoms with van der Waals surface area (Å²) < 4.78 is 0. The third-order valence-corrected chi connectivity index (χ3v) is 3.69. The van der Waals surface area contributed by atoms with Gasteiger partial charge in [0, 0.05) is 12.1 Å². The van der Waals surface area contributed by atoms with Crippen LogP contribution in [0.15, 0.2) is 35.0 Å². The van der Waals surface area contributed by atoms with Gasteiger partial charge in [0.2, 0.25) is 0 Å². The minimum Gasteiger partial charge on any atom is -0.376 e. The van der Waals surface area contributed by atoms with Gasteiger partial charge in [-0.2, -0.15) is 11.3 Å². The molecule has 0 bridgehead atoms. The number of nitrogens with one attached hydrogen (secondary N) is 1. The van der Waals surface area contributed by atoms with E-state index < -0.39 is 0 Å². The summed E-state index contributed by atoms with van der Waals surface area (Å²) in [5.74, 6) is 0. The lowest BCUT2D eigenvalue weighted by atomic mass is 10.1. The number of nitro groups is 1. The van der Waals surface area contributed by atoms with Crippen LogP contribution in [0.2, 0.25) is 0 Å². The van der Waals surface area contributed by atoms with Crippen LogP contribution in [0.1, 0.15) is 18.1 Å². The first-order valence-electron chi connectivity index (χ1n) is 6.09. The lowest BCUT2D eigenvalue weighted by Gasteiger charge is -2.16. The predicted molar refractivity (Wildman–Crippen MR) is 78.9 cm³/mol. The standard InChI is InChI=1S/C14H16N2O2S/c1-10-4-3-5-13(16(17)18)14(10)15-11(2)8-12-6-7-19-9-12/h3-7,9,11,15H,8H2,1-2H3. The van der Waals surface area contributed by atoms with Gasteiger partial charge in [-0.25, -0.2) is 0 Å². The molecule has 1 atom stereocenters. The van der Waals surface area contributed by atoms with Gasteiger partial charge < -0.3 is 5.32 Å². The Morgan fingerprint density at radius 1 is 1.42 bits per heavy atom. The molecular formula is C14H16N2O2S. The number of rotatable bonds is 5. The van der Waals surface area contributed by atoms with E-state index in [0.717, 1.165) is 12.0 Å². The van der Waals surface area contributed by atoms with E-state index in [1.165, 1.54) is 11.6 Å². The Balaban J connectivity index is 2.16. The zero-order valence-corrected chi connectivity index (χ0v) is 11.7. The largest absolute Gasteiger partial charge is 0.376 e. The molecule has 0 amide bonds. The van der Waals surface area contributed by atoms with Crippen LogP contribution >= 0.6 is 11.3 Å². The Labute approximate surface area is 116 Å². The topological polar surface area (TPSA) is 55.2 Å². The molecule has 5 heteroatoms. The highest BCUT2D eigenvalue weighted by molar-refractivity contribution is 7.07. The van der Waals surface area contributed by atoms with Crippen LogP contribution in [0, 0.1) is 17.0 Å². The van der Waals surface area contributed by atoms with Crippen molar-refractivity contribution in [2.45, 2.75) is 26.3 Å². The van der Waals surface area contributed by atoms with Gasteiger partial charge in [0.1, 0.15) is 5.69 Å². The number of para-hydroxylation sites is 1. The van der Waals surface area contributed by atoms with Crippen LogP contribution in [0.4, 0.5) is 11.4 Å². The fraction of sp³-hybridized carbons (Fsp3) is 0.286. The molecule has 0 spiro atoms. The molecule has 4 nitrogen and oxygen atoms in total. The number of anilines is 1. The van der Waals surface area contributed by atoms with Gasteiger partial charge in [-0.1, -0.05) is 12.1 Å². The number of nitrogens with zero attached hydrogens (tertiary/aromatic N) is 1. The van der Waals surface area contributed by atoms with Crippen LogP contribution < -0.4 is 5.32 Å². The number of benzene rings is 1. The van der Waals surface area contributed by atoms with Gasteiger partial charge >= 0.3 is 0 Å². The molecule has 19 heavy (non-hydrogen) atoms. The molecule has 2 aromatic rings. The van der Waals surface area contributed by atoms with Gasteiger partial charge in [-0.3, -0.25) is 10.1 Å². The number of thiophene rings is 1. The molecule has 1 N–H and O–H groups in total. The van der Waals surface area contributed by atoms with E-state index in [2.05, 4.69) is 16.8 Å². The third-order valence-electron chi connectivity index (χ3n) is 2.96. The lowest BCUT2D eigenvalue weighted by molar-refractivity contribution is -0.384. The monoisotopic (exact) mass is 276 g/mol. The van der Waals surface area contributed by atoms with Crippen molar-refractivity contribution in [3.05, 3.63) is 56.3 Å². The van der Waals surface area contributed by atoms with E-state index in [1.54, 1.807) is 17.4 Å². The summed E-state index contributed by atoms with van der Waals surface area (Å²) in [6, 6.07) is 7.35. The molecule has 0 aliphatic carbocycles. The SMILES string of the molecule is Cc1cccc([N+](=O)[O-])c1NC(C)Cc1ccsc1. The molecule has 0 aliphatic heterocycles. The Kier molecular flexibility index (Phi) is 4.16. The molecule has 0 radical (unpaired) electrons. The highest BCUT2D eigenvalue weighted by atomic mass is 32.1. The Hall–Kier alpha value is -1.88.